The lowest BCUT2D eigenvalue weighted by atomic mass is 9.99. The summed E-state index contributed by atoms with van der Waals surface area (Å²) >= 11 is 0. The number of carbonyl (C=O) groups excluding carboxylic acids is 1. The fourth-order valence-corrected chi connectivity index (χ4v) is 6.18. The summed E-state index contributed by atoms with van der Waals surface area (Å²) in [5.74, 6) is 2.46. The molecule has 0 aliphatic carbocycles. The van der Waals surface area contributed by atoms with Crippen LogP contribution in [0.25, 0.3) is 6.08 Å². The number of sulfone groups is 1. The van der Waals surface area contributed by atoms with Gasteiger partial charge in [0.05, 0.1) is 24.2 Å². The number of allylic oxidation sites excluding steroid dienone is 1. The minimum atomic E-state index is -2.98. The van der Waals surface area contributed by atoms with E-state index in [-0.39, 0.29) is 29.1 Å². The molecule has 0 aromatic heterocycles. The SMILES string of the molecule is COc1ccc(/C=C2/Oc3c(cc4c(c3C)OCN(C3CCS(=O)(=O)C3)C4)C2=O)cc1. The number of nitrogens with zero attached hydrogens (tertiary/aromatic N) is 1. The number of carbonyl (C=O) groups is 1. The van der Waals surface area contributed by atoms with E-state index in [1.807, 2.05) is 42.2 Å². The molecular weight excluding hydrogens is 418 g/mol. The minimum Gasteiger partial charge on any atom is -0.497 e. The van der Waals surface area contributed by atoms with E-state index in [0.29, 0.717) is 36.8 Å². The highest BCUT2D eigenvalue weighted by molar-refractivity contribution is 7.91. The fraction of sp³-hybridized carbons (Fsp3) is 0.348. The Hall–Kier alpha value is -2.84. The Morgan fingerprint density at radius 2 is 1.97 bits per heavy atom. The van der Waals surface area contributed by atoms with Crippen LogP contribution in [0.4, 0.5) is 0 Å². The van der Waals surface area contributed by atoms with Gasteiger partial charge in [0, 0.05) is 23.7 Å². The van der Waals surface area contributed by atoms with E-state index in [9.17, 15) is 13.2 Å². The van der Waals surface area contributed by atoms with Crippen molar-refractivity contribution in [2.75, 3.05) is 25.3 Å². The molecule has 3 aliphatic heterocycles. The Morgan fingerprint density at radius 1 is 1.19 bits per heavy atom. The lowest BCUT2D eigenvalue weighted by Gasteiger charge is -2.33. The number of hydrogen-bond acceptors (Lipinski definition) is 7. The van der Waals surface area contributed by atoms with Crippen molar-refractivity contribution in [3.8, 4) is 17.2 Å². The Morgan fingerprint density at radius 3 is 2.65 bits per heavy atom. The highest BCUT2D eigenvalue weighted by Crippen LogP contribution is 2.43. The van der Waals surface area contributed by atoms with Crippen LogP contribution in [0, 0.1) is 6.92 Å². The second kappa shape index (κ2) is 7.39. The summed E-state index contributed by atoms with van der Waals surface area (Å²) in [6.07, 6.45) is 2.33. The summed E-state index contributed by atoms with van der Waals surface area (Å²) < 4.78 is 40.8. The molecule has 1 fully saturated rings. The van der Waals surface area contributed by atoms with Gasteiger partial charge < -0.3 is 14.2 Å². The summed E-state index contributed by atoms with van der Waals surface area (Å²) in [4.78, 5) is 15.1. The van der Waals surface area contributed by atoms with Gasteiger partial charge in [-0.05, 0) is 43.2 Å². The van der Waals surface area contributed by atoms with Crippen LogP contribution in [0.3, 0.4) is 0 Å². The number of fused-ring (bicyclic) bond motifs is 2. The first-order valence-electron chi connectivity index (χ1n) is 10.2. The molecule has 0 saturated carbocycles. The van der Waals surface area contributed by atoms with E-state index in [0.717, 1.165) is 22.4 Å². The average Bonchev–Trinajstić information content (AvgIpc) is 3.28. The first kappa shape index (κ1) is 20.1. The van der Waals surface area contributed by atoms with Crippen LogP contribution in [-0.4, -0.2) is 50.5 Å². The summed E-state index contributed by atoms with van der Waals surface area (Å²) in [7, 11) is -1.37. The number of Topliss-reactive ketones (excluding diaryl/α,β-unsaturated/α-hetero) is 1. The number of ketones is 1. The Labute approximate surface area is 181 Å². The van der Waals surface area contributed by atoms with E-state index in [1.54, 1.807) is 13.2 Å². The van der Waals surface area contributed by atoms with Crippen molar-refractivity contribution in [3.63, 3.8) is 0 Å². The fourth-order valence-electron chi connectivity index (χ4n) is 4.42. The quantitative estimate of drug-likeness (QED) is 0.678. The number of hydrogen-bond donors (Lipinski definition) is 0. The van der Waals surface area contributed by atoms with E-state index < -0.39 is 9.84 Å². The van der Waals surface area contributed by atoms with Gasteiger partial charge in [-0.25, -0.2) is 8.42 Å². The Balaban J connectivity index is 1.43. The van der Waals surface area contributed by atoms with Gasteiger partial charge >= 0.3 is 0 Å². The molecule has 1 atom stereocenters. The van der Waals surface area contributed by atoms with Gasteiger partial charge in [0.1, 0.15) is 24.0 Å². The summed E-state index contributed by atoms with van der Waals surface area (Å²) in [5.41, 5.74) is 3.02. The maximum atomic E-state index is 13.0. The number of methoxy groups -OCH3 is 1. The zero-order valence-corrected chi connectivity index (χ0v) is 18.2. The molecule has 0 N–H and O–H groups in total. The molecule has 1 unspecified atom stereocenters. The topological polar surface area (TPSA) is 82.1 Å². The first-order chi connectivity index (χ1) is 14.8. The van der Waals surface area contributed by atoms with Crippen molar-refractivity contribution >= 4 is 21.7 Å². The first-order valence-corrected chi connectivity index (χ1v) is 12.0. The van der Waals surface area contributed by atoms with E-state index in [4.69, 9.17) is 14.2 Å². The molecular formula is C23H23NO6S. The van der Waals surface area contributed by atoms with Gasteiger partial charge in [-0.3, -0.25) is 9.69 Å². The molecule has 3 heterocycles. The van der Waals surface area contributed by atoms with Crippen LogP contribution in [0.5, 0.6) is 17.2 Å². The largest absolute Gasteiger partial charge is 0.497 e. The van der Waals surface area contributed by atoms with Crippen LogP contribution in [0.2, 0.25) is 0 Å². The maximum Gasteiger partial charge on any atom is 0.231 e. The number of benzene rings is 2. The molecule has 5 rings (SSSR count). The van der Waals surface area contributed by atoms with Crippen LogP contribution in [-0.2, 0) is 16.4 Å². The van der Waals surface area contributed by atoms with Gasteiger partial charge in [-0.1, -0.05) is 12.1 Å². The minimum absolute atomic E-state index is 0.0517. The van der Waals surface area contributed by atoms with Crippen molar-refractivity contribution in [2.45, 2.75) is 25.9 Å². The molecule has 2 aromatic rings. The van der Waals surface area contributed by atoms with Crippen LogP contribution < -0.4 is 14.2 Å². The molecule has 2 aromatic carbocycles. The third-order valence-electron chi connectivity index (χ3n) is 6.10. The van der Waals surface area contributed by atoms with E-state index in [2.05, 4.69) is 0 Å². The standard InChI is InChI=1S/C23H23NO6S/c1-14-22-16(11-24(13-29-22)17-7-8-31(26,27)12-17)10-19-21(25)20(30-23(14)19)9-15-3-5-18(28-2)6-4-15/h3-6,9-10,17H,7-8,11-13H2,1-2H3/b20-9+. The smallest absolute Gasteiger partial charge is 0.231 e. The predicted octanol–water partition coefficient (Wildman–Crippen LogP) is 2.96. The third kappa shape index (κ3) is 3.59. The number of ether oxygens (including phenoxy) is 3. The second-order valence-electron chi connectivity index (χ2n) is 8.16. The van der Waals surface area contributed by atoms with E-state index in [1.165, 1.54) is 0 Å². The molecule has 3 aliphatic rings. The Bertz CT molecular complexity index is 1200. The van der Waals surface area contributed by atoms with Crippen molar-refractivity contribution < 1.29 is 27.4 Å². The Kier molecular flexibility index (Phi) is 4.79. The average molecular weight is 442 g/mol. The molecule has 31 heavy (non-hydrogen) atoms. The molecule has 0 amide bonds. The van der Waals surface area contributed by atoms with Crippen molar-refractivity contribution in [1.29, 1.82) is 0 Å². The van der Waals surface area contributed by atoms with Gasteiger partial charge in [-0.15, -0.1) is 0 Å². The molecule has 0 radical (unpaired) electrons. The van der Waals surface area contributed by atoms with Gasteiger partial charge in [0.15, 0.2) is 15.6 Å². The van der Waals surface area contributed by atoms with Gasteiger partial charge in [-0.2, -0.15) is 0 Å². The summed E-state index contributed by atoms with van der Waals surface area (Å²) in [5, 5.41) is 0. The van der Waals surface area contributed by atoms with Crippen LogP contribution in [0.15, 0.2) is 36.1 Å². The van der Waals surface area contributed by atoms with Crippen LogP contribution in [0.1, 0.15) is 33.5 Å². The second-order valence-corrected chi connectivity index (χ2v) is 10.4. The lowest BCUT2D eigenvalue weighted by Crippen LogP contribution is -2.41. The molecule has 0 spiro atoms. The maximum absolute atomic E-state index is 13.0. The highest BCUT2D eigenvalue weighted by Gasteiger charge is 2.37. The zero-order chi connectivity index (χ0) is 21.8. The molecule has 162 valence electrons. The normalized spacial score (nSPS) is 23.2. The van der Waals surface area contributed by atoms with Crippen molar-refractivity contribution in [2.24, 2.45) is 0 Å². The molecule has 8 heteroatoms. The van der Waals surface area contributed by atoms with Gasteiger partial charge in [0.2, 0.25) is 5.78 Å². The predicted molar refractivity (Wildman–Crippen MR) is 115 cm³/mol. The molecule has 1 saturated heterocycles. The van der Waals surface area contributed by atoms with Crippen LogP contribution >= 0.6 is 0 Å². The highest BCUT2D eigenvalue weighted by atomic mass is 32.2. The summed E-state index contributed by atoms with van der Waals surface area (Å²) in [6, 6.07) is 9.15. The van der Waals surface area contributed by atoms with Crippen molar-refractivity contribution in [1.82, 2.24) is 4.90 Å². The monoisotopic (exact) mass is 441 g/mol. The molecule has 7 nitrogen and oxygen atoms in total. The summed E-state index contributed by atoms with van der Waals surface area (Å²) in [6.45, 7) is 2.76. The third-order valence-corrected chi connectivity index (χ3v) is 7.85. The zero-order valence-electron chi connectivity index (χ0n) is 17.4. The number of rotatable bonds is 3. The van der Waals surface area contributed by atoms with Gasteiger partial charge in [0.25, 0.3) is 0 Å². The lowest BCUT2D eigenvalue weighted by molar-refractivity contribution is 0.0637. The molecule has 0 bridgehead atoms. The van der Waals surface area contributed by atoms with Crippen molar-refractivity contribution in [3.05, 3.63) is 58.3 Å². The van der Waals surface area contributed by atoms with E-state index >= 15 is 0 Å².